The largest absolute Gasteiger partial charge is 0.480 e. The van der Waals surface area contributed by atoms with Gasteiger partial charge >= 0.3 is 5.97 Å². The molecule has 0 unspecified atom stereocenters. The lowest BCUT2D eigenvalue weighted by Gasteiger charge is -2.30. The number of benzene rings is 4. The number of carbonyl (C=O) groups excluding carboxylic acids is 1. The van der Waals surface area contributed by atoms with Crippen LogP contribution in [0.25, 0.3) is 22.3 Å². The fourth-order valence-corrected chi connectivity index (χ4v) is 3.71. The second-order valence-electron chi connectivity index (χ2n) is 8.49. The Morgan fingerprint density at radius 3 is 1.43 bits per heavy atom. The summed E-state index contributed by atoms with van der Waals surface area (Å²) in [7, 11) is 0. The van der Waals surface area contributed by atoms with E-state index >= 15 is 0 Å². The molecule has 0 heterocycles. The van der Waals surface area contributed by atoms with Gasteiger partial charge in [-0.05, 0) is 29.7 Å². The van der Waals surface area contributed by atoms with Crippen molar-refractivity contribution in [1.29, 1.82) is 0 Å². The van der Waals surface area contributed by atoms with Crippen LogP contribution in [0.15, 0.2) is 115 Å². The standard InChI is InChI=1S/C19H21NO3.C12H10/c1-13(2)18(21)20(14(3)19(22)23)17-12-8-7-11-16(17)15-9-5-4-6-10-15;1-3-7-11(8-4-1)12-9-5-2-6-10-12/h4-14H,1-3H3,(H,22,23);1-10H/t14-;/m0./s1. The smallest absolute Gasteiger partial charge is 0.326 e. The number of carboxylic acid groups (broad SMARTS) is 1. The molecule has 4 rings (SSSR count). The molecule has 0 aromatic heterocycles. The first kappa shape index (κ1) is 25.4. The number of rotatable bonds is 6. The summed E-state index contributed by atoms with van der Waals surface area (Å²) in [5, 5.41) is 9.41. The van der Waals surface area contributed by atoms with E-state index in [-0.39, 0.29) is 11.8 Å². The first-order valence-corrected chi connectivity index (χ1v) is 11.7. The van der Waals surface area contributed by atoms with Gasteiger partial charge in [-0.1, -0.05) is 123 Å². The summed E-state index contributed by atoms with van der Waals surface area (Å²) in [6, 6.07) is 36.9. The Labute approximate surface area is 207 Å². The number of carboxylic acids is 1. The number of anilines is 1. The van der Waals surface area contributed by atoms with Crippen LogP contribution in [0.1, 0.15) is 20.8 Å². The summed E-state index contributed by atoms with van der Waals surface area (Å²) in [5.74, 6) is -1.52. The molecule has 1 N–H and O–H groups in total. The minimum absolute atomic E-state index is 0.205. The van der Waals surface area contributed by atoms with E-state index in [1.165, 1.54) is 23.0 Å². The maximum Gasteiger partial charge on any atom is 0.326 e. The minimum atomic E-state index is -1.03. The van der Waals surface area contributed by atoms with E-state index in [1.54, 1.807) is 19.9 Å². The fraction of sp³-hybridized carbons (Fsp3) is 0.161. The van der Waals surface area contributed by atoms with E-state index in [2.05, 4.69) is 48.5 Å². The number of aliphatic carboxylic acids is 1. The molecular formula is C31H31NO3. The van der Waals surface area contributed by atoms with Gasteiger partial charge in [0.2, 0.25) is 5.91 Å². The number of nitrogens with zero attached hydrogens (tertiary/aromatic N) is 1. The van der Waals surface area contributed by atoms with Gasteiger partial charge in [-0.15, -0.1) is 0 Å². The third kappa shape index (κ3) is 6.67. The number of hydrogen-bond donors (Lipinski definition) is 1. The molecule has 0 spiro atoms. The highest BCUT2D eigenvalue weighted by Gasteiger charge is 2.30. The molecule has 0 saturated carbocycles. The van der Waals surface area contributed by atoms with Crippen molar-refractivity contribution in [1.82, 2.24) is 0 Å². The molecule has 35 heavy (non-hydrogen) atoms. The lowest BCUT2D eigenvalue weighted by atomic mass is 10.0. The van der Waals surface area contributed by atoms with Crippen molar-refractivity contribution in [2.75, 3.05) is 4.90 Å². The Morgan fingerprint density at radius 2 is 1.00 bits per heavy atom. The Kier molecular flexibility index (Phi) is 8.96. The van der Waals surface area contributed by atoms with Crippen molar-refractivity contribution in [2.45, 2.75) is 26.8 Å². The number of hydrogen-bond acceptors (Lipinski definition) is 2. The highest BCUT2D eigenvalue weighted by Crippen LogP contribution is 2.32. The van der Waals surface area contributed by atoms with Crippen molar-refractivity contribution >= 4 is 17.6 Å². The lowest BCUT2D eigenvalue weighted by Crippen LogP contribution is -2.45. The Morgan fingerprint density at radius 1 is 0.600 bits per heavy atom. The summed E-state index contributed by atoms with van der Waals surface area (Å²) >= 11 is 0. The van der Waals surface area contributed by atoms with E-state index in [0.29, 0.717) is 5.69 Å². The zero-order valence-electron chi connectivity index (χ0n) is 20.3. The van der Waals surface area contributed by atoms with Crippen LogP contribution in [-0.4, -0.2) is 23.0 Å². The van der Waals surface area contributed by atoms with Crippen LogP contribution in [0.2, 0.25) is 0 Å². The summed E-state index contributed by atoms with van der Waals surface area (Å²) in [6.45, 7) is 5.08. The molecular weight excluding hydrogens is 434 g/mol. The van der Waals surface area contributed by atoms with Gasteiger partial charge in [-0.25, -0.2) is 4.79 Å². The van der Waals surface area contributed by atoms with Crippen molar-refractivity contribution in [3.63, 3.8) is 0 Å². The molecule has 0 aliphatic heterocycles. The average molecular weight is 466 g/mol. The van der Waals surface area contributed by atoms with E-state index < -0.39 is 12.0 Å². The zero-order chi connectivity index (χ0) is 25.2. The second kappa shape index (κ2) is 12.3. The van der Waals surface area contributed by atoms with Gasteiger partial charge in [-0.3, -0.25) is 9.69 Å². The summed E-state index contributed by atoms with van der Waals surface area (Å²) in [5.41, 5.74) is 4.96. The highest BCUT2D eigenvalue weighted by atomic mass is 16.4. The summed E-state index contributed by atoms with van der Waals surface area (Å²) in [4.78, 5) is 25.5. The van der Waals surface area contributed by atoms with Gasteiger partial charge in [0.1, 0.15) is 6.04 Å². The molecule has 4 aromatic carbocycles. The molecule has 0 bridgehead atoms. The molecule has 1 amide bonds. The molecule has 4 heteroatoms. The molecule has 0 fully saturated rings. The Balaban J connectivity index is 0.000000237. The SMILES string of the molecule is CC(C)C(=O)N(c1ccccc1-c1ccccc1)[C@@H](C)C(=O)O.c1ccc(-c2ccccc2)cc1. The highest BCUT2D eigenvalue weighted by molar-refractivity contribution is 6.03. The zero-order valence-corrected chi connectivity index (χ0v) is 20.3. The number of carbonyl (C=O) groups is 2. The molecule has 0 aliphatic carbocycles. The van der Waals surface area contributed by atoms with E-state index in [4.69, 9.17) is 0 Å². The molecule has 0 aliphatic rings. The minimum Gasteiger partial charge on any atom is -0.480 e. The van der Waals surface area contributed by atoms with Crippen molar-refractivity contribution in [2.24, 2.45) is 5.92 Å². The summed E-state index contributed by atoms with van der Waals surface area (Å²) < 4.78 is 0. The van der Waals surface area contributed by atoms with Gasteiger partial charge < -0.3 is 5.11 Å². The molecule has 0 saturated heterocycles. The molecule has 1 atom stereocenters. The maximum absolute atomic E-state index is 12.6. The van der Waals surface area contributed by atoms with E-state index in [1.807, 2.05) is 60.7 Å². The molecule has 4 nitrogen and oxygen atoms in total. The lowest BCUT2D eigenvalue weighted by molar-refractivity contribution is -0.140. The Bertz CT molecular complexity index is 1180. The molecule has 4 aromatic rings. The fourth-order valence-electron chi connectivity index (χ4n) is 3.71. The van der Waals surface area contributed by atoms with Crippen LogP contribution < -0.4 is 4.90 Å². The predicted octanol–water partition coefficient (Wildman–Crippen LogP) is 7.17. The topological polar surface area (TPSA) is 57.6 Å². The van der Waals surface area contributed by atoms with Crippen molar-refractivity contribution in [3.05, 3.63) is 115 Å². The van der Waals surface area contributed by atoms with Crippen LogP contribution in [0.5, 0.6) is 0 Å². The van der Waals surface area contributed by atoms with Crippen LogP contribution in [0.4, 0.5) is 5.69 Å². The van der Waals surface area contributed by atoms with E-state index in [0.717, 1.165) is 11.1 Å². The third-order valence-corrected chi connectivity index (χ3v) is 5.61. The van der Waals surface area contributed by atoms with Gasteiger partial charge in [-0.2, -0.15) is 0 Å². The van der Waals surface area contributed by atoms with Gasteiger partial charge in [0.25, 0.3) is 0 Å². The number of amides is 1. The van der Waals surface area contributed by atoms with Crippen molar-refractivity contribution < 1.29 is 14.7 Å². The predicted molar refractivity (Wildman–Crippen MR) is 143 cm³/mol. The average Bonchev–Trinajstić information content (AvgIpc) is 2.91. The van der Waals surface area contributed by atoms with Crippen LogP contribution in [0.3, 0.4) is 0 Å². The van der Waals surface area contributed by atoms with Gasteiger partial charge in [0.15, 0.2) is 0 Å². The van der Waals surface area contributed by atoms with E-state index in [9.17, 15) is 14.7 Å². The monoisotopic (exact) mass is 465 g/mol. The van der Waals surface area contributed by atoms with Crippen molar-refractivity contribution in [3.8, 4) is 22.3 Å². The summed E-state index contributed by atoms with van der Waals surface area (Å²) in [6.07, 6.45) is 0. The number of para-hydroxylation sites is 1. The molecule has 178 valence electrons. The van der Waals surface area contributed by atoms with Crippen LogP contribution >= 0.6 is 0 Å². The van der Waals surface area contributed by atoms with Gasteiger partial charge in [0, 0.05) is 11.5 Å². The maximum atomic E-state index is 12.6. The first-order valence-electron chi connectivity index (χ1n) is 11.7. The first-order chi connectivity index (χ1) is 16.9. The second-order valence-corrected chi connectivity index (χ2v) is 8.49. The third-order valence-electron chi connectivity index (χ3n) is 5.61. The van der Waals surface area contributed by atoms with Crippen LogP contribution in [-0.2, 0) is 9.59 Å². The molecule has 0 radical (unpaired) electrons. The van der Waals surface area contributed by atoms with Crippen LogP contribution in [0, 0.1) is 5.92 Å². The normalized spacial score (nSPS) is 11.2. The quantitative estimate of drug-likeness (QED) is 0.328. The van der Waals surface area contributed by atoms with Gasteiger partial charge in [0.05, 0.1) is 5.69 Å². The Hall–Kier alpha value is -4.18.